The van der Waals surface area contributed by atoms with Gasteiger partial charge in [0.1, 0.15) is 0 Å². The Bertz CT molecular complexity index is 615. The summed E-state index contributed by atoms with van der Waals surface area (Å²) in [6.45, 7) is 4.45. The number of anilines is 1. The van der Waals surface area contributed by atoms with Crippen LogP contribution in [0.3, 0.4) is 0 Å². The van der Waals surface area contributed by atoms with Crippen molar-refractivity contribution in [3.63, 3.8) is 0 Å². The molecule has 0 saturated heterocycles. The Morgan fingerprint density at radius 1 is 1.00 bits per heavy atom. The van der Waals surface area contributed by atoms with Crippen molar-refractivity contribution in [3.05, 3.63) is 64.7 Å². The normalized spacial score (nSPS) is 15.3. The molecule has 1 aliphatic carbocycles. The van der Waals surface area contributed by atoms with Gasteiger partial charge in [-0.3, -0.25) is 0 Å². The van der Waals surface area contributed by atoms with Crippen LogP contribution in [0.4, 0.5) is 5.69 Å². The topological polar surface area (TPSA) is 12.0 Å². The van der Waals surface area contributed by atoms with Crippen LogP contribution in [0, 0.1) is 0 Å². The first-order chi connectivity index (χ1) is 10.3. The van der Waals surface area contributed by atoms with Crippen LogP contribution in [-0.2, 0) is 19.3 Å². The van der Waals surface area contributed by atoms with E-state index in [0.717, 1.165) is 6.42 Å². The van der Waals surface area contributed by atoms with Crippen LogP contribution in [0.25, 0.3) is 0 Å². The first-order valence-electron chi connectivity index (χ1n) is 8.23. The van der Waals surface area contributed by atoms with Gasteiger partial charge in [-0.25, -0.2) is 0 Å². The number of nitrogens with one attached hydrogen (secondary N) is 1. The number of rotatable bonds is 4. The molecule has 0 bridgehead atoms. The van der Waals surface area contributed by atoms with E-state index in [1.807, 2.05) is 0 Å². The number of benzene rings is 2. The smallest absolute Gasteiger partial charge is 0.0485 e. The predicted octanol–water partition coefficient (Wildman–Crippen LogP) is 5.30. The van der Waals surface area contributed by atoms with Crippen LogP contribution in [0.2, 0.25) is 0 Å². The predicted molar refractivity (Wildman–Crippen MR) is 90.9 cm³/mol. The molecule has 0 spiro atoms. The molecule has 110 valence electrons. The summed E-state index contributed by atoms with van der Waals surface area (Å²) in [6.07, 6.45) is 6.29. The molecule has 0 fully saturated rings. The Labute approximate surface area is 128 Å². The van der Waals surface area contributed by atoms with E-state index in [1.54, 1.807) is 11.1 Å². The van der Waals surface area contributed by atoms with Gasteiger partial charge in [0.2, 0.25) is 0 Å². The second kappa shape index (κ2) is 6.34. The maximum absolute atomic E-state index is 3.64. The summed E-state index contributed by atoms with van der Waals surface area (Å²) in [4.78, 5) is 0. The second-order valence-corrected chi connectivity index (χ2v) is 6.16. The SMILES string of the molecule is CCc1cccc(NC(C)c2ccc3c(c2)CCCC3)c1. The third kappa shape index (κ3) is 3.29. The molecule has 0 aliphatic heterocycles. The van der Waals surface area contributed by atoms with E-state index in [2.05, 4.69) is 61.6 Å². The minimum Gasteiger partial charge on any atom is -0.379 e. The second-order valence-electron chi connectivity index (χ2n) is 6.16. The van der Waals surface area contributed by atoms with Crippen LogP contribution >= 0.6 is 0 Å². The van der Waals surface area contributed by atoms with E-state index >= 15 is 0 Å². The van der Waals surface area contributed by atoms with Crippen LogP contribution in [0.1, 0.15) is 55.0 Å². The zero-order chi connectivity index (χ0) is 14.7. The van der Waals surface area contributed by atoms with Crippen LogP contribution in [0.15, 0.2) is 42.5 Å². The lowest BCUT2D eigenvalue weighted by Gasteiger charge is -2.21. The van der Waals surface area contributed by atoms with Gasteiger partial charge in [-0.15, -0.1) is 0 Å². The van der Waals surface area contributed by atoms with Crippen molar-refractivity contribution in [3.8, 4) is 0 Å². The Balaban J connectivity index is 1.76. The summed E-state index contributed by atoms with van der Waals surface area (Å²) in [5.74, 6) is 0. The lowest BCUT2D eigenvalue weighted by atomic mass is 9.89. The monoisotopic (exact) mass is 279 g/mol. The van der Waals surface area contributed by atoms with Crippen molar-refractivity contribution >= 4 is 5.69 Å². The summed E-state index contributed by atoms with van der Waals surface area (Å²) in [5.41, 5.74) is 7.13. The largest absolute Gasteiger partial charge is 0.379 e. The Kier molecular flexibility index (Phi) is 4.28. The number of aryl methyl sites for hydroxylation is 3. The molecule has 0 amide bonds. The minimum absolute atomic E-state index is 0.351. The van der Waals surface area contributed by atoms with Gasteiger partial charge in [0.15, 0.2) is 0 Å². The molecule has 0 radical (unpaired) electrons. The zero-order valence-corrected chi connectivity index (χ0v) is 13.2. The van der Waals surface area contributed by atoms with Crippen LogP contribution in [-0.4, -0.2) is 0 Å². The van der Waals surface area contributed by atoms with Crippen LogP contribution in [0.5, 0.6) is 0 Å². The average Bonchev–Trinajstić information content (AvgIpc) is 2.54. The van der Waals surface area contributed by atoms with Crippen LogP contribution < -0.4 is 5.32 Å². The molecule has 2 aromatic rings. The maximum Gasteiger partial charge on any atom is 0.0485 e. The lowest BCUT2D eigenvalue weighted by molar-refractivity contribution is 0.683. The average molecular weight is 279 g/mol. The number of hydrogen-bond acceptors (Lipinski definition) is 1. The van der Waals surface area contributed by atoms with E-state index in [1.165, 1.54) is 42.5 Å². The number of fused-ring (bicyclic) bond motifs is 1. The summed E-state index contributed by atoms with van der Waals surface area (Å²) >= 11 is 0. The Morgan fingerprint density at radius 3 is 2.62 bits per heavy atom. The molecule has 1 heteroatoms. The molecule has 0 heterocycles. The fourth-order valence-corrected chi connectivity index (χ4v) is 3.24. The minimum atomic E-state index is 0.351. The Morgan fingerprint density at radius 2 is 1.81 bits per heavy atom. The standard InChI is InChI=1S/C20H25N/c1-3-16-7-6-10-20(13-16)21-15(2)18-12-11-17-8-4-5-9-19(17)14-18/h6-7,10-15,21H,3-5,8-9H2,1-2H3. The molecule has 1 atom stereocenters. The molecular formula is C20H25N. The fraction of sp³-hybridized carbons (Fsp3) is 0.400. The molecular weight excluding hydrogens is 254 g/mol. The van der Waals surface area contributed by atoms with E-state index in [9.17, 15) is 0 Å². The third-order valence-electron chi connectivity index (χ3n) is 4.59. The van der Waals surface area contributed by atoms with E-state index < -0.39 is 0 Å². The van der Waals surface area contributed by atoms with Gasteiger partial charge in [0, 0.05) is 11.7 Å². The molecule has 0 aromatic heterocycles. The van der Waals surface area contributed by atoms with Gasteiger partial charge >= 0.3 is 0 Å². The van der Waals surface area contributed by atoms with E-state index in [-0.39, 0.29) is 0 Å². The molecule has 0 saturated carbocycles. The number of hydrogen-bond donors (Lipinski definition) is 1. The zero-order valence-electron chi connectivity index (χ0n) is 13.2. The highest BCUT2D eigenvalue weighted by Gasteiger charge is 2.12. The van der Waals surface area contributed by atoms with Gasteiger partial charge < -0.3 is 5.32 Å². The molecule has 1 unspecified atom stereocenters. The lowest BCUT2D eigenvalue weighted by Crippen LogP contribution is -2.09. The molecule has 1 N–H and O–H groups in total. The highest BCUT2D eigenvalue weighted by molar-refractivity contribution is 5.48. The van der Waals surface area contributed by atoms with Gasteiger partial charge in [-0.05, 0) is 73.4 Å². The van der Waals surface area contributed by atoms with Gasteiger partial charge in [0.05, 0.1) is 0 Å². The van der Waals surface area contributed by atoms with Crippen molar-refractivity contribution in [2.45, 2.75) is 52.0 Å². The summed E-state index contributed by atoms with van der Waals surface area (Å²) in [5, 5.41) is 3.64. The molecule has 2 aromatic carbocycles. The van der Waals surface area contributed by atoms with Gasteiger partial charge in [-0.1, -0.05) is 37.3 Å². The summed E-state index contributed by atoms with van der Waals surface area (Å²) in [7, 11) is 0. The Hall–Kier alpha value is -1.76. The molecule has 1 aliphatic rings. The van der Waals surface area contributed by atoms with E-state index in [0.29, 0.717) is 6.04 Å². The maximum atomic E-state index is 3.64. The van der Waals surface area contributed by atoms with Gasteiger partial charge in [0.25, 0.3) is 0 Å². The molecule has 21 heavy (non-hydrogen) atoms. The summed E-state index contributed by atoms with van der Waals surface area (Å²) in [6, 6.07) is 16.1. The van der Waals surface area contributed by atoms with Crippen molar-refractivity contribution in [1.82, 2.24) is 0 Å². The van der Waals surface area contributed by atoms with Gasteiger partial charge in [-0.2, -0.15) is 0 Å². The molecule has 3 rings (SSSR count). The quantitative estimate of drug-likeness (QED) is 0.800. The van der Waals surface area contributed by atoms with Crippen molar-refractivity contribution in [1.29, 1.82) is 0 Å². The third-order valence-corrected chi connectivity index (χ3v) is 4.59. The van der Waals surface area contributed by atoms with Crippen molar-refractivity contribution in [2.75, 3.05) is 5.32 Å². The van der Waals surface area contributed by atoms with E-state index in [4.69, 9.17) is 0 Å². The van der Waals surface area contributed by atoms with Crippen molar-refractivity contribution in [2.24, 2.45) is 0 Å². The van der Waals surface area contributed by atoms with Crippen molar-refractivity contribution < 1.29 is 0 Å². The molecule has 1 nitrogen and oxygen atoms in total. The fourth-order valence-electron chi connectivity index (χ4n) is 3.24. The highest BCUT2D eigenvalue weighted by Crippen LogP contribution is 2.26. The first-order valence-corrected chi connectivity index (χ1v) is 8.23. The highest BCUT2D eigenvalue weighted by atomic mass is 14.9. The summed E-state index contributed by atoms with van der Waals surface area (Å²) < 4.78 is 0. The first kappa shape index (κ1) is 14.2.